The van der Waals surface area contributed by atoms with Gasteiger partial charge in [-0.05, 0) is 36.3 Å². The van der Waals surface area contributed by atoms with Gasteiger partial charge < -0.3 is 5.73 Å². The quantitative estimate of drug-likeness (QED) is 0.657. The van der Waals surface area contributed by atoms with Gasteiger partial charge in [0.25, 0.3) is 0 Å². The van der Waals surface area contributed by atoms with Crippen molar-refractivity contribution in [3.05, 3.63) is 48.0 Å². The zero-order valence-electron chi connectivity index (χ0n) is 14.1. The monoisotopic (exact) mass is 394 g/mol. The Morgan fingerprint density at radius 2 is 1.60 bits per heavy atom. The number of thiophene rings is 1. The van der Waals surface area contributed by atoms with Crippen LogP contribution in [0, 0.1) is 11.8 Å². The van der Waals surface area contributed by atoms with E-state index in [1.807, 2.05) is 11.3 Å². The highest BCUT2D eigenvalue weighted by atomic mass is 35.5. The van der Waals surface area contributed by atoms with Gasteiger partial charge in [-0.25, -0.2) is 0 Å². The summed E-state index contributed by atoms with van der Waals surface area (Å²) in [7, 11) is 0. The zero-order valence-corrected chi connectivity index (χ0v) is 16.5. The Bertz CT molecular complexity index is 864. The van der Waals surface area contributed by atoms with E-state index in [1.165, 1.54) is 51.7 Å². The average Bonchev–Trinajstić information content (AvgIpc) is 3.02. The highest BCUT2D eigenvalue weighted by Gasteiger charge is 2.39. The summed E-state index contributed by atoms with van der Waals surface area (Å²) in [4.78, 5) is 2.64. The van der Waals surface area contributed by atoms with Crippen molar-refractivity contribution < 1.29 is 0 Å². The van der Waals surface area contributed by atoms with Gasteiger partial charge in [-0.1, -0.05) is 36.4 Å². The van der Waals surface area contributed by atoms with Crippen molar-refractivity contribution in [3.8, 4) is 0 Å². The van der Waals surface area contributed by atoms with Crippen molar-refractivity contribution in [2.45, 2.75) is 25.4 Å². The van der Waals surface area contributed by atoms with Gasteiger partial charge in [0, 0.05) is 45.8 Å². The number of hydrogen-bond donors (Lipinski definition) is 1. The summed E-state index contributed by atoms with van der Waals surface area (Å²) in [6, 6.07) is 16.0. The minimum Gasteiger partial charge on any atom is -0.327 e. The van der Waals surface area contributed by atoms with E-state index in [1.54, 1.807) is 0 Å². The topological polar surface area (TPSA) is 29.3 Å². The summed E-state index contributed by atoms with van der Waals surface area (Å²) in [6.07, 6.45) is 2.66. The second kappa shape index (κ2) is 7.42. The first-order chi connectivity index (χ1) is 11.3. The van der Waals surface area contributed by atoms with Crippen molar-refractivity contribution in [3.63, 3.8) is 0 Å². The van der Waals surface area contributed by atoms with Crippen molar-refractivity contribution in [2.24, 2.45) is 17.6 Å². The predicted octanol–water partition coefficient (Wildman–Crippen LogP) is 5.07. The summed E-state index contributed by atoms with van der Waals surface area (Å²) < 4.78 is 2.87. The van der Waals surface area contributed by atoms with Crippen molar-refractivity contribution in [1.29, 1.82) is 0 Å². The highest BCUT2D eigenvalue weighted by Crippen LogP contribution is 2.39. The third-order valence-electron chi connectivity index (χ3n) is 5.86. The van der Waals surface area contributed by atoms with Gasteiger partial charge in [-0.15, -0.1) is 36.2 Å². The maximum absolute atomic E-state index is 6.36. The number of halogens is 2. The van der Waals surface area contributed by atoms with E-state index in [-0.39, 0.29) is 24.8 Å². The van der Waals surface area contributed by atoms with E-state index in [0.29, 0.717) is 6.04 Å². The van der Waals surface area contributed by atoms with E-state index < -0.39 is 0 Å². The van der Waals surface area contributed by atoms with Crippen molar-refractivity contribution in [1.82, 2.24) is 4.90 Å². The lowest BCUT2D eigenvalue weighted by atomic mass is 9.93. The SMILES string of the molecule is Cl.Cl.NC1[C@@H]2CC[C@H]1CN(Cc1cccc3c1sc1ccccc13)C2. The molecule has 2 fully saturated rings. The van der Waals surface area contributed by atoms with Gasteiger partial charge >= 0.3 is 0 Å². The van der Waals surface area contributed by atoms with Gasteiger partial charge in [0.2, 0.25) is 0 Å². The summed E-state index contributed by atoms with van der Waals surface area (Å²) in [5.74, 6) is 1.44. The summed E-state index contributed by atoms with van der Waals surface area (Å²) >= 11 is 1.94. The molecular formula is C20H24Cl2N2S. The molecule has 2 aromatic carbocycles. The molecule has 1 aromatic heterocycles. The Labute approximate surface area is 165 Å². The molecule has 3 aromatic rings. The average molecular weight is 395 g/mol. The standard InChI is InChI=1S/C20H22N2S.2ClH/c21-19-13-8-9-14(19)11-22(10-13)12-15-4-3-6-17-16-5-1-2-7-18(16)23-20(15)17;;/h1-7,13-14,19H,8-12,21H2;2*1H/t13-,14+,19?;;. The molecule has 5 rings (SSSR count). The molecule has 2 nitrogen and oxygen atoms in total. The molecule has 3 atom stereocenters. The molecule has 1 saturated carbocycles. The second-order valence-electron chi connectivity index (χ2n) is 7.26. The van der Waals surface area contributed by atoms with Crippen molar-refractivity contribution in [2.75, 3.05) is 13.1 Å². The molecule has 2 heterocycles. The first-order valence-electron chi connectivity index (χ1n) is 8.66. The van der Waals surface area contributed by atoms with Crippen molar-refractivity contribution >= 4 is 56.3 Å². The third kappa shape index (κ3) is 3.17. The number of likely N-dealkylation sites (tertiary alicyclic amines) is 1. The minimum absolute atomic E-state index is 0. The highest BCUT2D eigenvalue weighted by molar-refractivity contribution is 7.26. The number of piperidine rings is 1. The summed E-state index contributed by atoms with van der Waals surface area (Å²) in [6.45, 7) is 3.43. The van der Waals surface area contributed by atoms with E-state index in [2.05, 4.69) is 47.4 Å². The van der Waals surface area contributed by atoms with Crippen LogP contribution in [-0.4, -0.2) is 24.0 Å². The molecule has 25 heavy (non-hydrogen) atoms. The van der Waals surface area contributed by atoms with Gasteiger partial charge in [-0.3, -0.25) is 4.90 Å². The molecule has 5 heteroatoms. The third-order valence-corrected chi connectivity index (χ3v) is 7.12. The van der Waals surface area contributed by atoms with E-state index in [0.717, 1.165) is 18.4 Å². The Kier molecular flexibility index (Phi) is 5.62. The maximum Gasteiger partial charge on any atom is 0.0400 e. The van der Waals surface area contributed by atoms with E-state index >= 15 is 0 Å². The van der Waals surface area contributed by atoms with Crippen LogP contribution in [0.25, 0.3) is 20.2 Å². The minimum atomic E-state index is 0. The van der Waals surface area contributed by atoms with Gasteiger partial charge in [-0.2, -0.15) is 0 Å². The number of nitrogens with two attached hydrogens (primary N) is 1. The number of benzene rings is 2. The van der Waals surface area contributed by atoms with E-state index in [4.69, 9.17) is 5.73 Å². The van der Waals surface area contributed by atoms with Crippen LogP contribution in [0.1, 0.15) is 18.4 Å². The Morgan fingerprint density at radius 1 is 0.920 bits per heavy atom. The summed E-state index contributed by atoms with van der Waals surface area (Å²) in [5, 5.41) is 2.81. The molecular weight excluding hydrogens is 371 g/mol. The molecule has 0 radical (unpaired) electrons. The molecule has 2 aliphatic rings. The Hall–Kier alpha value is -0.840. The first kappa shape index (κ1) is 18.9. The number of nitrogens with zero attached hydrogens (tertiary/aromatic N) is 1. The van der Waals surface area contributed by atoms with Gasteiger partial charge in [0.1, 0.15) is 0 Å². The van der Waals surface area contributed by atoms with Crippen LogP contribution in [-0.2, 0) is 6.54 Å². The second-order valence-corrected chi connectivity index (χ2v) is 8.31. The molecule has 0 spiro atoms. The molecule has 1 saturated heterocycles. The van der Waals surface area contributed by atoms with Gasteiger partial charge in [0.05, 0.1) is 0 Å². The Balaban J connectivity index is 0.000000911. The zero-order chi connectivity index (χ0) is 15.4. The fourth-order valence-corrected chi connectivity index (χ4v) is 5.87. The lowest BCUT2D eigenvalue weighted by Crippen LogP contribution is -2.48. The lowest BCUT2D eigenvalue weighted by Gasteiger charge is -2.36. The van der Waals surface area contributed by atoms with Crippen LogP contribution >= 0.6 is 36.2 Å². The molecule has 0 amide bonds. The van der Waals surface area contributed by atoms with Crippen LogP contribution in [0.3, 0.4) is 0 Å². The molecule has 1 aliphatic heterocycles. The molecule has 2 bridgehead atoms. The molecule has 1 unspecified atom stereocenters. The fourth-order valence-electron chi connectivity index (χ4n) is 4.66. The van der Waals surface area contributed by atoms with Gasteiger partial charge in [0.15, 0.2) is 0 Å². The smallest absolute Gasteiger partial charge is 0.0400 e. The van der Waals surface area contributed by atoms with Crippen LogP contribution in [0.15, 0.2) is 42.5 Å². The summed E-state index contributed by atoms with van der Waals surface area (Å²) in [5.41, 5.74) is 7.84. The molecule has 134 valence electrons. The van der Waals surface area contributed by atoms with E-state index in [9.17, 15) is 0 Å². The Morgan fingerprint density at radius 3 is 2.36 bits per heavy atom. The maximum atomic E-state index is 6.36. The molecule has 1 aliphatic carbocycles. The first-order valence-corrected chi connectivity index (χ1v) is 9.48. The lowest BCUT2D eigenvalue weighted by molar-refractivity contribution is 0.141. The van der Waals surface area contributed by atoms with Crippen LogP contribution < -0.4 is 5.73 Å². The number of rotatable bonds is 2. The largest absolute Gasteiger partial charge is 0.327 e. The molecule has 2 N–H and O–H groups in total. The number of hydrogen-bond acceptors (Lipinski definition) is 3. The van der Waals surface area contributed by atoms with Crippen LogP contribution in [0.2, 0.25) is 0 Å². The van der Waals surface area contributed by atoms with Crippen LogP contribution in [0.5, 0.6) is 0 Å². The normalized spacial score (nSPS) is 25.7. The fraction of sp³-hybridized carbons (Fsp3) is 0.400. The predicted molar refractivity (Wildman–Crippen MR) is 113 cm³/mol. The van der Waals surface area contributed by atoms with Crippen LogP contribution in [0.4, 0.5) is 0 Å². The number of fused-ring (bicyclic) bond motifs is 5.